The van der Waals surface area contributed by atoms with E-state index >= 15 is 0 Å². The Bertz CT molecular complexity index is 254. The molecule has 0 saturated carbocycles. The van der Waals surface area contributed by atoms with E-state index in [9.17, 15) is 0 Å². The third-order valence-corrected chi connectivity index (χ3v) is 1.22. The Morgan fingerprint density at radius 1 is 1.64 bits per heavy atom. The number of hydrogen-bond donors (Lipinski definition) is 1. The van der Waals surface area contributed by atoms with Gasteiger partial charge in [-0.3, -0.25) is 0 Å². The van der Waals surface area contributed by atoms with Gasteiger partial charge in [-0.25, -0.2) is 0 Å². The summed E-state index contributed by atoms with van der Waals surface area (Å²) in [6.45, 7) is 2.36. The molecule has 0 bridgehead atoms. The number of nitrogens with zero attached hydrogens (tertiary/aromatic N) is 2. The van der Waals surface area contributed by atoms with Crippen molar-refractivity contribution < 1.29 is 4.74 Å². The number of aromatic nitrogens is 2. The topological polar surface area (TPSA) is 61.0 Å². The molecule has 0 aromatic carbocycles. The highest BCUT2D eigenvalue weighted by Crippen LogP contribution is 2.18. The minimum Gasteiger partial charge on any atom is -0.475 e. The van der Waals surface area contributed by atoms with Crippen molar-refractivity contribution in [2.75, 3.05) is 12.3 Å². The smallest absolute Gasteiger partial charge is 0.256 e. The highest BCUT2D eigenvalue weighted by atomic mass is 35.5. The largest absolute Gasteiger partial charge is 0.475 e. The van der Waals surface area contributed by atoms with E-state index < -0.39 is 0 Å². The predicted molar refractivity (Wildman–Crippen MR) is 42.6 cm³/mol. The lowest BCUT2D eigenvalue weighted by Crippen LogP contribution is -2.00. The van der Waals surface area contributed by atoms with E-state index in [1.807, 2.05) is 6.92 Å². The van der Waals surface area contributed by atoms with E-state index in [1.165, 1.54) is 6.07 Å². The summed E-state index contributed by atoms with van der Waals surface area (Å²) < 4.78 is 5.03. The third-order valence-electron chi connectivity index (χ3n) is 1.04. The number of halogens is 1. The fraction of sp³-hybridized carbons (Fsp3) is 0.333. The van der Waals surface area contributed by atoms with Crippen LogP contribution in [-0.4, -0.2) is 16.8 Å². The minimum atomic E-state index is 0.269. The van der Waals surface area contributed by atoms with Crippen LogP contribution in [0.1, 0.15) is 6.92 Å². The van der Waals surface area contributed by atoms with Gasteiger partial charge in [0.15, 0.2) is 5.15 Å². The first-order valence-electron chi connectivity index (χ1n) is 3.15. The van der Waals surface area contributed by atoms with Crippen LogP contribution in [0.3, 0.4) is 0 Å². The van der Waals surface area contributed by atoms with Crippen LogP contribution in [0.2, 0.25) is 5.15 Å². The lowest BCUT2D eigenvalue weighted by molar-refractivity contribution is 0.325. The number of anilines is 1. The molecule has 60 valence electrons. The summed E-state index contributed by atoms with van der Waals surface area (Å²) in [7, 11) is 0. The highest BCUT2D eigenvalue weighted by molar-refractivity contribution is 6.29. The van der Waals surface area contributed by atoms with Gasteiger partial charge in [0.05, 0.1) is 12.3 Å². The SMILES string of the molecule is CCOc1nnc(Cl)cc1N. The standard InChI is InChI=1S/C6H8ClN3O/c1-2-11-6-4(8)3-5(7)9-10-6/h3H,2H2,1H3,(H2,8,9). The zero-order chi connectivity index (χ0) is 8.27. The number of nitrogen functional groups attached to an aromatic ring is 1. The summed E-state index contributed by atoms with van der Waals surface area (Å²) in [5, 5.41) is 7.48. The molecule has 0 aliphatic heterocycles. The Morgan fingerprint density at radius 2 is 2.36 bits per heavy atom. The molecule has 1 aromatic heterocycles. The summed E-state index contributed by atoms with van der Waals surface area (Å²) in [5.41, 5.74) is 5.90. The van der Waals surface area contributed by atoms with Gasteiger partial charge >= 0.3 is 0 Å². The Kier molecular flexibility index (Phi) is 2.48. The maximum absolute atomic E-state index is 5.51. The van der Waals surface area contributed by atoms with Crippen molar-refractivity contribution in [1.29, 1.82) is 0 Å². The third kappa shape index (κ3) is 1.94. The van der Waals surface area contributed by atoms with Gasteiger partial charge in [-0.15, -0.1) is 10.2 Å². The highest BCUT2D eigenvalue weighted by Gasteiger charge is 2.01. The van der Waals surface area contributed by atoms with Gasteiger partial charge in [-0.05, 0) is 6.92 Å². The summed E-state index contributed by atoms with van der Waals surface area (Å²) in [5.74, 6) is 0.330. The predicted octanol–water partition coefficient (Wildman–Crippen LogP) is 1.11. The Hall–Kier alpha value is -1.03. The number of rotatable bonds is 2. The molecule has 0 fully saturated rings. The number of ether oxygens (including phenoxy) is 1. The summed E-state index contributed by atoms with van der Waals surface area (Å²) in [6, 6.07) is 1.50. The zero-order valence-electron chi connectivity index (χ0n) is 6.04. The van der Waals surface area contributed by atoms with E-state index in [-0.39, 0.29) is 5.15 Å². The van der Waals surface area contributed by atoms with E-state index in [0.717, 1.165) is 0 Å². The molecule has 5 heteroatoms. The van der Waals surface area contributed by atoms with Crippen molar-refractivity contribution in [2.24, 2.45) is 0 Å². The zero-order valence-corrected chi connectivity index (χ0v) is 6.80. The van der Waals surface area contributed by atoms with Crippen LogP contribution in [0.15, 0.2) is 6.07 Å². The van der Waals surface area contributed by atoms with Gasteiger partial charge in [0.2, 0.25) is 0 Å². The van der Waals surface area contributed by atoms with Crippen LogP contribution in [0, 0.1) is 0 Å². The Morgan fingerprint density at radius 3 is 2.91 bits per heavy atom. The van der Waals surface area contributed by atoms with Crippen molar-refractivity contribution in [3.63, 3.8) is 0 Å². The van der Waals surface area contributed by atoms with Gasteiger partial charge in [0, 0.05) is 6.07 Å². The molecule has 0 atom stereocenters. The van der Waals surface area contributed by atoms with E-state index in [0.29, 0.717) is 18.2 Å². The molecule has 0 aliphatic carbocycles. The maximum Gasteiger partial charge on any atom is 0.256 e. The molecule has 0 spiro atoms. The quantitative estimate of drug-likeness (QED) is 0.728. The second kappa shape index (κ2) is 3.39. The molecular weight excluding hydrogens is 166 g/mol. The molecule has 1 heterocycles. The van der Waals surface area contributed by atoms with Gasteiger partial charge in [0.1, 0.15) is 0 Å². The van der Waals surface area contributed by atoms with Crippen LogP contribution < -0.4 is 10.5 Å². The lowest BCUT2D eigenvalue weighted by Gasteiger charge is -2.02. The fourth-order valence-corrected chi connectivity index (χ4v) is 0.774. The second-order valence-corrected chi connectivity index (χ2v) is 2.25. The van der Waals surface area contributed by atoms with Gasteiger partial charge in [-0.2, -0.15) is 0 Å². The molecule has 0 unspecified atom stereocenters. The molecule has 1 aromatic rings. The van der Waals surface area contributed by atoms with E-state index in [4.69, 9.17) is 22.1 Å². The number of nitrogens with two attached hydrogens (primary N) is 1. The second-order valence-electron chi connectivity index (χ2n) is 1.86. The Balaban J connectivity index is 2.90. The van der Waals surface area contributed by atoms with Crippen molar-refractivity contribution in [3.8, 4) is 5.88 Å². The molecule has 0 radical (unpaired) electrons. The fourth-order valence-electron chi connectivity index (χ4n) is 0.619. The Labute approximate surface area is 69.3 Å². The summed E-state index contributed by atoms with van der Waals surface area (Å²) in [6.07, 6.45) is 0. The first-order valence-corrected chi connectivity index (χ1v) is 3.53. The van der Waals surface area contributed by atoms with Crippen LogP contribution in [0.4, 0.5) is 5.69 Å². The van der Waals surface area contributed by atoms with Crippen LogP contribution in [0.5, 0.6) is 5.88 Å². The van der Waals surface area contributed by atoms with Crippen molar-refractivity contribution in [3.05, 3.63) is 11.2 Å². The minimum absolute atomic E-state index is 0.269. The average Bonchev–Trinajstić information content (AvgIpc) is 1.95. The van der Waals surface area contributed by atoms with Crippen LogP contribution >= 0.6 is 11.6 Å². The van der Waals surface area contributed by atoms with Crippen LogP contribution in [0.25, 0.3) is 0 Å². The van der Waals surface area contributed by atoms with E-state index in [1.54, 1.807) is 0 Å². The van der Waals surface area contributed by atoms with E-state index in [2.05, 4.69) is 10.2 Å². The molecular formula is C6H8ClN3O. The first-order chi connectivity index (χ1) is 5.24. The normalized spacial score (nSPS) is 9.64. The van der Waals surface area contributed by atoms with Crippen molar-refractivity contribution in [2.45, 2.75) is 6.92 Å². The van der Waals surface area contributed by atoms with Gasteiger partial charge in [-0.1, -0.05) is 11.6 Å². The van der Waals surface area contributed by atoms with Gasteiger partial charge in [0.25, 0.3) is 5.88 Å². The van der Waals surface area contributed by atoms with Crippen molar-refractivity contribution >= 4 is 17.3 Å². The van der Waals surface area contributed by atoms with Crippen LogP contribution in [-0.2, 0) is 0 Å². The maximum atomic E-state index is 5.51. The lowest BCUT2D eigenvalue weighted by atomic mass is 10.5. The average molecular weight is 174 g/mol. The molecule has 4 nitrogen and oxygen atoms in total. The molecule has 0 aliphatic rings. The molecule has 0 amide bonds. The van der Waals surface area contributed by atoms with Crippen molar-refractivity contribution in [1.82, 2.24) is 10.2 Å². The summed E-state index contributed by atoms with van der Waals surface area (Å²) >= 11 is 5.51. The number of hydrogen-bond acceptors (Lipinski definition) is 4. The van der Waals surface area contributed by atoms with Gasteiger partial charge < -0.3 is 10.5 Å². The molecule has 1 rings (SSSR count). The summed E-state index contributed by atoms with van der Waals surface area (Å²) in [4.78, 5) is 0. The molecule has 0 saturated heterocycles. The first kappa shape index (κ1) is 8.07. The molecule has 11 heavy (non-hydrogen) atoms. The molecule has 2 N–H and O–H groups in total. The monoisotopic (exact) mass is 173 g/mol.